The second kappa shape index (κ2) is 4.78. The van der Waals surface area contributed by atoms with Crippen LogP contribution in [0.4, 0.5) is 0 Å². The smallest absolute Gasteiger partial charge is 0.411 e. The molecule has 1 heterocycles. The Morgan fingerprint density at radius 2 is 1.45 bits per heavy atom. The average Bonchev–Trinajstić information content (AvgIpc) is 2.00. The molecule has 0 aliphatic carbocycles. The van der Waals surface area contributed by atoms with Gasteiger partial charge in [0.15, 0.2) is 0 Å². The van der Waals surface area contributed by atoms with E-state index in [2.05, 4.69) is 13.8 Å². The molecule has 0 unspecified atom stereocenters. The van der Waals surface area contributed by atoms with E-state index in [0.29, 0.717) is 0 Å². The first-order valence-corrected chi connectivity index (χ1v) is 4.33. The zero-order valence-electron chi connectivity index (χ0n) is 8.31. The van der Waals surface area contributed by atoms with Crippen LogP contribution in [0.5, 0.6) is 0 Å². The first-order valence-electron chi connectivity index (χ1n) is 4.33. The van der Waals surface area contributed by atoms with Crippen molar-refractivity contribution in [2.45, 2.75) is 34.5 Å². The maximum atomic E-state index is 5.27. The van der Waals surface area contributed by atoms with Crippen LogP contribution in [0.25, 0.3) is 0 Å². The predicted octanol–water partition coefficient (Wildman–Crippen LogP) is 2.20. The van der Waals surface area contributed by atoms with Crippen LogP contribution in [0.15, 0.2) is 0 Å². The van der Waals surface area contributed by atoms with Gasteiger partial charge in [-0.25, -0.2) is 0 Å². The van der Waals surface area contributed by atoms with E-state index in [0.717, 1.165) is 13.2 Å². The molecule has 1 saturated heterocycles. The summed E-state index contributed by atoms with van der Waals surface area (Å²) in [5.74, 6) is 0. The molecule has 0 saturated carbocycles. The highest BCUT2D eigenvalue weighted by Gasteiger charge is 2.28. The summed E-state index contributed by atoms with van der Waals surface area (Å²) < 4.78 is 10.5. The van der Waals surface area contributed by atoms with Gasteiger partial charge in [0.25, 0.3) is 0 Å². The van der Waals surface area contributed by atoms with Gasteiger partial charge in [-0.2, -0.15) is 0 Å². The maximum Gasteiger partial charge on any atom is 0.453 e. The van der Waals surface area contributed by atoms with Crippen molar-refractivity contribution in [3.63, 3.8) is 0 Å². The fourth-order valence-electron chi connectivity index (χ4n) is 0.776. The van der Waals surface area contributed by atoms with Crippen molar-refractivity contribution >= 4 is 7.12 Å². The van der Waals surface area contributed by atoms with Crippen LogP contribution < -0.4 is 0 Å². The van der Waals surface area contributed by atoms with Crippen LogP contribution in [0.3, 0.4) is 0 Å². The predicted molar refractivity (Wildman–Crippen MR) is 48.7 cm³/mol. The van der Waals surface area contributed by atoms with Crippen molar-refractivity contribution in [1.29, 1.82) is 0 Å². The van der Waals surface area contributed by atoms with Crippen molar-refractivity contribution in [2.75, 3.05) is 13.2 Å². The normalized spacial score (nSPS) is 22.1. The first-order chi connectivity index (χ1) is 5.10. The molecule has 2 nitrogen and oxygen atoms in total. The highest BCUT2D eigenvalue weighted by molar-refractivity contribution is 6.42. The molecule has 0 aromatic rings. The van der Waals surface area contributed by atoms with Crippen molar-refractivity contribution in [3.05, 3.63) is 0 Å². The van der Waals surface area contributed by atoms with Gasteiger partial charge in [0.2, 0.25) is 0 Å². The molecule has 0 atom stereocenters. The van der Waals surface area contributed by atoms with Gasteiger partial charge in [0.05, 0.1) is 0 Å². The lowest BCUT2D eigenvalue weighted by Gasteiger charge is -2.31. The summed E-state index contributed by atoms with van der Waals surface area (Å²) in [6, 6.07) is 0. The summed E-state index contributed by atoms with van der Waals surface area (Å²) in [4.78, 5) is 0. The minimum atomic E-state index is -0.00183. The lowest BCUT2D eigenvalue weighted by Crippen LogP contribution is -2.38. The molecule has 1 aliphatic rings. The molecule has 0 aromatic heterocycles. The fourth-order valence-corrected chi connectivity index (χ4v) is 0.776. The summed E-state index contributed by atoms with van der Waals surface area (Å²) in [5, 5.41) is 0. The van der Waals surface area contributed by atoms with Gasteiger partial charge < -0.3 is 9.31 Å². The van der Waals surface area contributed by atoms with Crippen molar-refractivity contribution in [1.82, 2.24) is 0 Å². The largest absolute Gasteiger partial charge is 0.453 e. The van der Waals surface area contributed by atoms with E-state index in [4.69, 9.17) is 9.31 Å². The zero-order chi connectivity index (χ0) is 8.91. The van der Waals surface area contributed by atoms with E-state index in [-0.39, 0.29) is 12.5 Å². The van der Waals surface area contributed by atoms with E-state index in [1.54, 1.807) is 0 Å². The molecule has 0 aromatic carbocycles. The summed E-state index contributed by atoms with van der Waals surface area (Å²) >= 11 is 0. The third-order valence-electron chi connectivity index (χ3n) is 1.42. The summed E-state index contributed by atoms with van der Waals surface area (Å²) in [6.07, 6.45) is 0. The molecular formula is C8H19BO2. The number of hydrogen-bond acceptors (Lipinski definition) is 2. The third-order valence-corrected chi connectivity index (χ3v) is 1.42. The molecule has 0 radical (unpaired) electrons. The molecule has 0 bridgehead atoms. The van der Waals surface area contributed by atoms with Crippen LogP contribution >= 0.6 is 0 Å². The van der Waals surface area contributed by atoms with Crippen molar-refractivity contribution in [2.24, 2.45) is 5.41 Å². The summed E-state index contributed by atoms with van der Waals surface area (Å²) in [5.41, 5.74) is 0.215. The zero-order valence-corrected chi connectivity index (χ0v) is 8.31. The maximum absolute atomic E-state index is 5.27. The highest BCUT2D eigenvalue weighted by Crippen LogP contribution is 2.20. The average molecular weight is 158 g/mol. The van der Waals surface area contributed by atoms with Crippen molar-refractivity contribution < 1.29 is 9.31 Å². The van der Waals surface area contributed by atoms with Gasteiger partial charge in [-0.1, -0.05) is 27.7 Å². The Balaban J connectivity index is 0.000000461. The van der Waals surface area contributed by atoms with Gasteiger partial charge in [-0.05, 0) is 6.82 Å². The van der Waals surface area contributed by atoms with E-state index >= 15 is 0 Å². The minimum absolute atomic E-state index is 0.00183. The molecule has 66 valence electrons. The van der Waals surface area contributed by atoms with E-state index in [1.165, 1.54) is 0 Å². The Bertz CT molecular complexity index is 94.3. The Labute approximate surface area is 70.4 Å². The molecule has 1 fully saturated rings. The topological polar surface area (TPSA) is 18.5 Å². The summed E-state index contributed by atoms with van der Waals surface area (Å²) in [7, 11) is -0.00183. The van der Waals surface area contributed by atoms with Gasteiger partial charge in [0, 0.05) is 18.6 Å². The van der Waals surface area contributed by atoms with Crippen LogP contribution in [0.2, 0.25) is 6.82 Å². The van der Waals surface area contributed by atoms with Gasteiger partial charge in [-0.15, -0.1) is 0 Å². The SMILES string of the molecule is CB1OCC(C)(C)CO1.CC. The first kappa shape index (κ1) is 11.0. The third kappa shape index (κ3) is 4.43. The summed E-state index contributed by atoms with van der Waals surface area (Å²) in [6.45, 7) is 11.8. The van der Waals surface area contributed by atoms with Gasteiger partial charge in [-0.3, -0.25) is 0 Å². The lowest BCUT2D eigenvalue weighted by atomic mass is 9.86. The van der Waals surface area contributed by atoms with Crippen LogP contribution in [0, 0.1) is 5.41 Å². The number of rotatable bonds is 0. The Hall–Kier alpha value is -0.0151. The lowest BCUT2D eigenvalue weighted by molar-refractivity contribution is 0.0311. The standard InChI is InChI=1S/C6H13BO2.C2H6/c1-6(2)4-8-7(3)9-5-6;1-2/h4-5H2,1-3H3;1-2H3. The molecule has 3 heteroatoms. The molecule has 0 spiro atoms. The van der Waals surface area contributed by atoms with Crippen LogP contribution in [-0.2, 0) is 9.31 Å². The molecule has 1 aliphatic heterocycles. The van der Waals surface area contributed by atoms with E-state index < -0.39 is 0 Å². The minimum Gasteiger partial charge on any atom is -0.411 e. The molecular weight excluding hydrogens is 139 g/mol. The van der Waals surface area contributed by atoms with Crippen LogP contribution in [-0.4, -0.2) is 20.3 Å². The number of hydrogen-bond donors (Lipinski definition) is 0. The molecule has 0 N–H and O–H groups in total. The van der Waals surface area contributed by atoms with Gasteiger partial charge in [0.1, 0.15) is 0 Å². The highest BCUT2D eigenvalue weighted by atomic mass is 16.6. The van der Waals surface area contributed by atoms with E-state index in [1.807, 2.05) is 20.7 Å². The van der Waals surface area contributed by atoms with E-state index in [9.17, 15) is 0 Å². The quantitative estimate of drug-likeness (QED) is 0.503. The molecule has 0 amide bonds. The molecule has 11 heavy (non-hydrogen) atoms. The monoisotopic (exact) mass is 158 g/mol. The second-order valence-electron chi connectivity index (χ2n) is 3.35. The Kier molecular flexibility index (Phi) is 4.77. The van der Waals surface area contributed by atoms with Crippen LogP contribution in [0.1, 0.15) is 27.7 Å². The second-order valence-corrected chi connectivity index (χ2v) is 3.35. The fraction of sp³-hybridized carbons (Fsp3) is 1.00. The van der Waals surface area contributed by atoms with Crippen molar-refractivity contribution in [3.8, 4) is 0 Å². The van der Waals surface area contributed by atoms with Gasteiger partial charge >= 0.3 is 7.12 Å². The molecule has 1 rings (SSSR count). The Morgan fingerprint density at radius 1 is 1.09 bits per heavy atom. The Morgan fingerprint density at radius 3 is 1.73 bits per heavy atom.